The van der Waals surface area contributed by atoms with E-state index in [4.69, 9.17) is 23.2 Å². The van der Waals surface area contributed by atoms with E-state index in [0.29, 0.717) is 21.6 Å². The number of thioether (sulfide) groups is 1. The zero-order valence-corrected chi connectivity index (χ0v) is 16.2. The molecule has 0 saturated carbocycles. The van der Waals surface area contributed by atoms with Gasteiger partial charge in [-0.2, -0.15) is 5.10 Å². The second-order valence-electron chi connectivity index (χ2n) is 6.00. The number of anilines is 1. The highest BCUT2D eigenvalue weighted by molar-refractivity contribution is 8.00. The first-order chi connectivity index (χ1) is 12.5. The number of nitrogens with zero attached hydrogens (tertiary/aromatic N) is 2. The average molecular weight is 404 g/mol. The third kappa shape index (κ3) is 3.11. The van der Waals surface area contributed by atoms with Crippen molar-refractivity contribution < 1.29 is 4.79 Å². The summed E-state index contributed by atoms with van der Waals surface area (Å²) in [5.74, 6) is 0.979. The Labute approximate surface area is 165 Å². The topological polar surface area (TPSA) is 46.9 Å². The molecule has 4 nitrogen and oxygen atoms in total. The minimum absolute atomic E-state index is 0.0547. The van der Waals surface area contributed by atoms with Gasteiger partial charge in [0.15, 0.2) is 0 Å². The lowest BCUT2D eigenvalue weighted by Crippen LogP contribution is -2.15. The SMILES string of the molecule is Cc1nn(-c2ccccc2)c2c1[C@H](c1ccc(Cl)cc1Cl)SCC(=O)N2. The van der Waals surface area contributed by atoms with E-state index in [-0.39, 0.29) is 11.2 Å². The van der Waals surface area contributed by atoms with Gasteiger partial charge in [-0.05, 0) is 36.8 Å². The maximum Gasteiger partial charge on any atom is 0.235 e. The van der Waals surface area contributed by atoms with Crippen molar-refractivity contribution in [3.8, 4) is 5.69 Å². The highest BCUT2D eigenvalue weighted by Crippen LogP contribution is 2.46. The van der Waals surface area contributed by atoms with E-state index >= 15 is 0 Å². The second kappa shape index (κ2) is 6.99. The third-order valence-electron chi connectivity index (χ3n) is 4.25. The van der Waals surface area contributed by atoms with Gasteiger partial charge in [0.2, 0.25) is 5.91 Å². The Morgan fingerprint density at radius 3 is 2.69 bits per heavy atom. The van der Waals surface area contributed by atoms with Crippen LogP contribution in [0.4, 0.5) is 5.82 Å². The van der Waals surface area contributed by atoms with Gasteiger partial charge in [0.05, 0.1) is 22.4 Å². The Bertz CT molecular complexity index is 988. The van der Waals surface area contributed by atoms with Gasteiger partial charge in [-0.1, -0.05) is 47.5 Å². The quantitative estimate of drug-likeness (QED) is 0.634. The molecule has 7 heteroatoms. The number of nitrogens with one attached hydrogen (secondary N) is 1. The van der Waals surface area contributed by atoms with Gasteiger partial charge < -0.3 is 5.32 Å². The number of fused-ring (bicyclic) bond motifs is 1. The highest BCUT2D eigenvalue weighted by Gasteiger charge is 2.31. The van der Waals surface area contributed by atoms with Gasteiger partial charge in [-0.25, -0.2) is 4.68 Å². The molecule has 0 bridgehead atoms. The maximum absolute atomic E-state index is 12.3. The van der Waals surface area contributed by atoms with E-state index in [9.17, 15) is 4.79 Å². The summed E-state index contributed by atoms with van der Waals surface area (Å²) < 4.78 is 1.78. The second-order valence-corrected chi connectivity index (χ2v) is 7.94. The Morgan fingerprint density at radius 1 is 1.19 bits per heavy atom. The third-order valence-corrected chi connectivity index (χ3v) is 6.07. The van der Waals surface area contributed by atoms with E-state index in [2.05, 4.69) is 10.4 Å². The summed E-state index contributed by atoms with van der Waals surface area (Å²) in [4.78, 5) is 12.3. The molecule has 1 amide bonds. The van der Waals surface area contributed by atoms with Gasteiger partial charge in [0.1, 0.15) is 5.82 Å². The van der Waals surface area contributed by atoms with E-state index in [1.807, 2.05) is 49.4 Å². The molecule has 2 heterocycles. The van der Waals surface area contributed by atoms with Crippen molar-refractivity contribution in [2.45, 2.75) is 12.2 Å². The van der Waals surface area contributed by atoms with Crippen LogP contribution in [0.2, 0.25) is 10.0 Å². The number of carbonyl (C=O) groups excluding carboxylic acids is 1. The fraction of sp³-hybridized carbons (Fsp3) is 0.158. The number of aromatic nitrogens is 2. The molecule has 0 spiro atoms. The van der Waals surface area contributed by atoms with Crippen molar-refractivity contribution in [1.82, 2.24) is 9.78 Å². The molecule has 2 aromatic carbocycles. The summed E-state index contributed by atoms with van der Waals surface area (Å²) in [5, 5.41) is 8.76. The molecule has 26 heavy (non-hydrogen) atoms. The van der Waals surface area contributed by atoms with Crippen LogP contribution >= 0.6 is 35.0 Å². The Hall–Kier alpha value is -1.95. The molecule has 0 aliphatic carbocycles. The molecule has 1 N–H and O–H groups in total. The summed E-state index contributed by atoms with van der Waals surface area (Å²) in [6.45, 7) is 1.95. The van der Waals surface area contributed by atoms with Crippen molar-refractivity contribution in [2.24, 2.45) is 0 Å². The smallest absolute Gasteiger partial charge is 0.235 e. The predicted molar refractivity (Wildman–Crippen MR) is 108 cm³/mol. The van der Waals surface area contributed by atoms with Crippen LogP contribution in [-0.4, -0.2) is 21.4 Å². The summed E-state index contributed by atoms with van der Waals surface area (Å²) in [6, 6.07) is 15.2. The Morgan fingerprint density at radius 2 is 1.96 bits per heavy atom. The molecule has 0 unspecified atom stereocenters. The normalized spacial score (nSPS) is 16.7. The van der Waals surface area contributed by atoms with Gasteiger partial charge >= 0.3 is 0 Å². The lowest BCUT2D eigenvalue weighted by Gasteiger charge is -2.17. The van der Waals surface area contributed by atoms with E-state index in [0.717, 1.165) is 22.5 Å². The highest BCUT2D eigenvalue weighted by atomic mass is 35.5. The lowest BCUT2D eigenvalue weighted by molar-refractivity contribution is -0.113. The minimum atomic E-state index is -0.105. The van der Waals surface area contributed by atoms with Crippen LogP contribution in [-0.2, 0) is 4.79 Å². The van der Waals surface area contributed by atoms with Crippen molar-refractivity contribution >= 4 is 46.7 Å². The monoisotopic (exact) mass is 403 g/mol. The molecular weight excluding hydrogens is 389 g/mol. The first kappa shape index (κ1) is 17.5. The van der Waals surface area contributed by atoms with Crippen LogP contribution in [0, 0.1) is 6.92 Å². The molecule has 0 fully saturated rings. The zero-order valence-electron chi connectivity index (χ0n) is 13.9. The largest absolute Gasteiger partial charge is 0.310 e. The van der Waals surface area contributed by atoms with Gasteiger partial charge in [0.25, 0.3) is 0 Å². The van der Waals surface area contributed by atoms with Crippen molar-refractivity contribution in [3.05, 3.63) is 75.4 Å². The number of para-hydroxylation sites is 1. The number of halogens is 2. The molecule has 1 aromatic heterocycles. The number of hydrogen-bond donors (Lipinski definition) is 1. The van der Waals surface area contributed by atoms with Crippen LogP contribution in [0.3, 0.4) is 0 Å². The molecule has 1 atom stereocenters. The van der Waals surface area contributed by atoms with Crippen LogP contribution < -0.4 is 5.32 Å². The van der Waals surface area contributed by atoms with E-state index in [1.165, 1.54) is 11.8 Å². The first-order valence-electron chi connectivity index (χ1n) is 8.06. The molecule has 132 valence electrons. The zero-order chi connectivity index (χ0) is 18.3. The first-order valence-corrected chi connectivity index (χ1v) is 9.86. The van der Waals surface area contributed by atoms with Crippen molar-refractivity contribution in [2.75, 3.05) is 11.1 Å². The molecular formula is C19H15Cl2N3OS. The fourth-order valence-electron chi connectivity index (χ4n) is 3.10. The van der Waals surface area contributed by atoms with E-state index < -0.39 is 0 Å². The van der Waals surface area contributed by atoms with Crippen molar-refractivity contribution in [3.63, 3.8) is 0 Å². The number of amides is 1. The summed E-state index contributed by atoms with van der Waals surface area (Å²) in [7, 11) is 0. The number of hydrogen-bond acceptors (Lipinski definition) is 3. The molecule has 0 radical (unpaired) electrons. The van der Waals surface area contributed by atoms with Gasteiger partial charge in [0, 0.05) is 15.6 Å². The lowest BCUT2D eigenvalue weighted by atomic mass is 10.0. The Balaban J connectivity index is 1.91. The molecule has 1 aliphatic rings. The summed E-state index contributed by atoms with van der Waals surface area (Å²) in [6.07, 6.45) is 0. The van der Waals surface area contributed by atoms with Gasteiger partial charge in [-0.15, -0.1) is 11.8 Å². The molecule has 0 saturated heterocycles. The molecule has 4 rings (SSSR count). The molecule has 3 aromatic rings. The van der Waals surface area contributed by atoms with Gasteiger partial charge in [-0.3, -0.25) is 4.79 Å². The number of rotatable bonds is 2. The van der Waals surface area contributed by atoms with Crippen LogP contribution in [0.5, 0.6) is 0 Å². The average Bonchev–Trinajstić information content (AvgIpc) is 2.83. The van der Waals surface area contributed by atoms with E-state index in [1.54, 1.807) is 10.7 Å². The Kier molecular flexibility index (Phi) is 4.69. The molecule has 1 aliphatic heterocycles. The van der Waals surface area contributed by atoms with Crippen LogP contribution in [0.1, 0.15) is 22.1 Å². The van der Waals surface area contributed by atoms with Crippen LogP contribution in [0.25, 0.3) is 5.69 Å². The van der Waals surface area contributed by atoms with Crippen molar-refractivity contribution in [1.29, 1.82) is 0 Å². The number of carbonyl (C=O) groups is 1. The minimum Gasteiger partial charge on any atom is -0.310 e. The summed E-state index contributed by atoms with van der Waals surface area (Å²) >= 11 is 14.1. The maximum atomic E-state index is 12.3. The predicted octanol–water partition coefficient (Wildman–Crippen LogP) is 5.26. The standard InChI is InChI=1S/C19H15Cl2N3OS/c1-11-17-18(14-8-7-12(20)9-15(14)21)26-10-16(25)22-19(17)24(23-11)13-5-3-2-4-6-13/h2-9,18H,10H2,1H3,(H,22,25)/t18-/m0/s1. The fourth-order valence-corrected chi connectivity index (χ4v) is 4.91. The number of aryl methyl sites for hydroxylation is 1. The van der Waals surface area contributed by atoms with Crippen LogP contribution in [0.15, 0.2) is 48.5 Å². The number of benzene rings is 2. The summed E-state index contributed by atoms with van der Waals surface area (Å²) in [5.41, 5.74) is 3.64.